The van der Waals surface area contributed by atoms with E-state index in [2.05, 4.69) is 44.8 Å². The molecule has 0 saturated carbocycles. The van der Waals surface area contributed by atoms with E-state index in [1.54, 1.807) is 7.05 Å². The molecule has 0 spiro atoms. The molecule has 1 aromatic rings. The summed E-state index contributed by atoms with van der Waals surface area (Å²) in [5.41, 5.74) is -2.91. The third-order valence-electron chi connectivity index (χ3n) is 4.97. The van der Waals surface area contributed by atoms with Gasteiger partial charge in [-0.05, 0) is 44.0 Å². The predicted octanol–water partition coefficient (Wildman–Crippen LogP) is 1.97. The molecule has 170 valence electrons. The molecule has 1 heterocycles. The molecule has 0 amide bonds. The lowest BCUT2D eigenvalue weighted by Crippen LogP contribution is -2.47. The van der Waals surface area contributed by atoms with Crippen molar-refractivity contribution in [3.63, 3.8) is 0 Å². The maximum Gasteiger partial charge on any atom is 0.511 e. The zero-order chi connectivity index (χ0) is 22.4. The van der Waals surface area contributed by atoms with Gasteiger partial charge in [0.1, 0.15) is 0 Å². The number of nitrogens with one attached hydrogen (secondary N) is 2. The van der Waals surface area contributed by atoms with Gasteiger partial charge >= 0.3 is 15.5 Å². The number of sulfonamides is 1. The van der Waals surface area contributed by atoms with Crippen LogP contribution in [0.1, 0.15) is 24.0 Å². The topological polar surface area (TPSA) is 77.0 Å². The molecule has 1 fully saturated rings. The highest BCUT2D eigenvalue weighted by atomic mass is 32.2. The third kappa shape index (κ3) is 6.85. The predicted molar refractivity (Wildman–Crippen MR) is 111 cm³/mol. The Bertz CT molecular complexity index is 802. The van der Waals surface area contributed by atoms with E-state index in [0.717, 1.165) is 12.1 Å². The summed E-state index contributed by atoms with van der Waals surface area (Å²) in [6, 6.07) is 8.26. The molecular weight excluding hydrogens is 419 g/mol. The highest BCUT2D eigenvalue weighted by Gasteiger charge is 2.50. The highest BCUT2D eigenvalue weighted by Crippen LogP contribution is 2.30. The van der Waals surface area contributed by atoms with Crippen LogP contribution in [0.2, 0.25) is 0 Å². The molecule has 1 aromatic carbocycles. The van der Waals surface area contributed by atoms with Crippen LogP contribution in [0.4, 0.5) is 13.2 Å². The molecule has 1 aliphatic heterocycles. The standard InChI is InChI=1S/C19H30F3N5O2S/c1-23-18(24-12-15-4-6-17(7-5-15)14-26(2)3)25-13-16-8-10-27(11-9-16)30(28,29)19(20,21)22/h4-7,16H,8-14H2,1-3H3,(H2,23,24,25). The second kappa shape index (κ2) is 10.5. The lowest BCUT2D eigenvalue weighted by molar-refractivity contribution is -0.0496. The Labute approximate surface area is 176 Å². The van der Waals surface area contributed by atoms with Crippen LogP contribution >= 0.6 is 0 Å². The number of hydrogen-bond donors (Lipinski definition) is 2. The Morgan fingerprint density at radius 3 is 2.20 bits per heavy atom. The van der Waals surface area contributed by atoms with Crippen LogP contribution in [-0.4, -0.2) is 69.9 Å². The first-order chi connectivity index (χ1) is 14.0. The van der Waals surface area contributed by atoms with Crippen molar-refractivity contribution in [1.82, 2.24) is 19.8 Å². The molecule has 0 radical (unpaired) electrons. The van der Waals surface area contributed by atoms with Crippen LogP contribution in [0.25, 0.3) is 0 Å². The Morgan fingerprint density at radius 2 is 1.70 bits per heavy atom. The fraction of sp³-hybridized carbons (Fsp3) is 0.632. The normalized spacial score (nSPS) is 17.4. The summed E-state index contributed by atoms with van der Waals surface area (Å²) in [5, 5.41) is 6.38. The van der Waals surface area contributed by atoms with Gasteiger partial charge in [-0.1, -0.05) is 24.3 Å². The maximum absolute atomic E-state index is 12.6. The number of alkyl halides is 3. The highest BCUT2D eigenvalue weighted by molar-refractivity contribution is 7.90. The van der Waals surface area contributed by atoms with Crippen LogP contribution in [0.3, 0.4) is 0 Å². The van der Waals surface area contributed by atoms with Crippen LogP contribution < -0.4 is 10.6 Å². The molecule has 1 aliphatic rings. The molecule has 30 heavy (non-hydrogen) atoms. The molecule has 2 N–H and O–H groups in total. The minimum Gasteiger partial charge on any atom is -0.356 e. The molecular formula is C19H30F3N5O2S. The number of aliphatic imine (C=N–C) groups is 1. The van der Waals surface area contributed by atoms with Crippen molar-refractivity contribution in [1.29, 1.82) is 0 Å². The lowest BCUT2D eigenvalue weighted by atomic mass is 9.98. The van der Waals surface area contributed by atoms with Crippen LogP contribution in [0.15, 0.2) is 29.3 Å². The average molecular weight is 450 g/mol. The summed E-state index contributed by atoms with van der Waals surface area (Å²) in [4.78, 5) is 6.26. The number of piperidine rings is 1. The number of hydrogen-bond acceptors (Lipinski definition) is 4. The van der Waals surface area contributed by atoms with Gasteiger partial charge in [0.2, 0.25) is 0 Å². The van der Waals surface area contributed by atoms with E-state index in [0.29, 0.717) is 36.2 Å². The van der Waals surface area contributed by atoms with Gasteiger partial charge in [0, 0.05) is 39.8 Å². The average Bonchev–Trinajstić information content (AvgIpc) is 2.68. The zero-order valence-electron chi connectivity index (χ0n) is 17.5. The van der Waals surface area contributed by atoms with E-state index in [4.69, 9.17) is 0 Å². The van der Waals surface area contributed by atoms with Gasteiger partial charge in [-0.25, -0.2) is 8.42 Å². The summed E-state index contributed by atoms with van der Waals surface area (Å²) >= 11 is 0. The van der Waals surface area contributed by atoms with E-state index in [9.17, 15) is 21.6 Å². The van der Waals surface area contributed by atoms with E-state index in [1.165, 1.54) is 5.56 Å². The molecule has 0 aliphatic carbocycles. The largest absolute Gasteiger partial charge is 0.511 e. The minimum absolute atomic E-state index is 0.0774. The van der Waals surface area contributed by atoms with E-state index >= 15 is 0 Å². The first kappa shape index (κ1) is 24.4. The van der Waals surface area contributed by atoms with Crippen molar-refractivity contribution in [2.75, 3.05) is 40.8 Å². The van der Waals surface area contributed by atoms with Gasteiger partial charge in [-0.3, -0.25) is 4.99 Å². The molecule has 7 nitrogen and oxygen atoms in total. The Kier molecular flexibility index (Phi) is 8.51. The van der Waals surface area contributed by atoms with Crippen molar-refractivity contribution in [2.45, 2.75) is 31.4 Å². The Morgan fingerprint density at radius 1 is 1.13 bits per heavy atom. The smallest absolute Gasteiger partial charge is 0.356 e. The van der Waals surface area contributed by atoms with Gasteiger partial charge in [0.25, 0.3) is 0 Å². The second-order valence-electron chi connectivity index (χ2n) is 7.65. The summed E-state index contributed by atoms with van der Waals surface area (Å²) < 4.78 is 61.4. The second-order valence-corrected chi connectivity index (χ2v) is 9.58. The number of rotatable bonds is 7. The van der Waals surface area contributed by atoms with E-state index in [-0.39, 0.29) is 19.0 Å². The Hall–Kier alpha value is -1.85. The number of halogens is 3. The molecule has 2 rings (SSSR count). The van der Waals surface area contributed by atoms with Crippen molar-refractivity contribution in [3.8, 4) is 0 Å². The van der Waals surface area contributed by atoms with Crippen molar-refractivity contribution < 1.29 is 21.6 Å². The quantitative estimate of drug-likeness (QED) is 0.492. The van der Waals surface area contributed by atoms with Crippen molar-refractivity contribution in [2.24, 2.45) is 10.9 Å². The third-order valence-corrected chi connectivity index (χ3v) is 6.60. The molecule has 11 heteroatoms. The van der Waals surface area contributed by atoms with E-state index < -0.39 is 15.5 Å². The van der Waals surface area contributed by atoms with Gasteiger partial charge < -0.3 is 15.5 Å². The molecule has 0 unspecified atom stereocenters. The fourth-order valence-electron chi connectivity index (χ4n) is 3.28. The van der Waals surface area contributed by atoms with Gasteiger partial charge in [0.15, 0.2) is 5.96 Å². The van der Waals surface area contributed by atoms with Crippen molar-refractivity contribution >= 4 is 16.0 Å². The van der Waals surface area contributed by atoms with Crippen molar-refractivity contribution in [3.05, 3.63) is 35.4 Å². The maximum atomic E-state index is 12.6. The fourth-order valence-corrected chi connectivity index (χ4v) is 4.26. The van der Waals surface area contributed by atoms with Crippen LogP contribution in [-0.2, 0) is 23.1 Å². The summed E-state index contributed by atoms with van der Waals surface area (Å²) in [5.74, 6) is 0.672. The lowest BCUT2D eigenvalue weighted by Gasteiger charge is -2.31. The Balaban J connectivity index is 1.76. The number of benzene rings is 1. The molecule has 0 atom stereocenters. The van der Waals surface area contributed by atoms with Gasteiger partial charge in [-0.2, -0.15) is 17.5 Å². The van der Waals surface area contributed by atoms with Crippen LogP contribution in [0.5, 0.6) is 0 Å². The number of nitrogens with zero attached hydrogens (tertiary/aromatic N) is 3. The first-order valence-electron chi connectivity index (χ1n) is 9.76. The summed E-state index contributed by atoms with van der Waals surface area (Å²) in [7, 11) is 0.449. The minimum atomic E-state index is -5.24. The van der Waals surface area contributed by atoms with Crippen LogP contribution in [0, 0.1) is 5.92 Å². The summed E-state index contributed by atoms with van der Waals surface area (Å²) in [6.07, 6.45) is 0.735. The number of guanidine groups is 1. The monoisotopic (exact) mass is 449 g/mol. The molecule has 1 saturated heterocycles. The summed E-state index contributed by atoms with van der Waals surface area (Å²) in [6.45, 7) is 1.73. The molecule has 0 aromatic heterocycles. The van der Waals surface area contributed by atoms with Gasteiger partial charge in [-0.15, -0.1) is 0 Å². The van der Waals surface area contributed by atoms with E-state index in [1.807, 2.05) is 14.1 Å². The van der Waals surface area contributed by atoms with Gasteiger partial charge in [0.05, 0.1) is 0 Å². The first-order valence-corrected chi connectivity index (χ1v) is 11.2. The SMILES string of the molecule is CN=C(NCc1ccc(CN(C)C)cc1)NCC1CCN(S(=O)(=O)C(F)(F)F)CC1. The molecule has 0 bridgehead atoms. The zero-order valence-corrected chi connectivity index (χ0v) is 18.4.